The van der Waals surface area contributed by atoms with E-state index in [4.69, 9.17) is 16.9 Å². The summed E-state index contributed by atoms with van der Waals surface area (Å²) in [5.74, 6) is -2.89. The van der Waals surface area contributed by atoms with Gasteiger partial charge in [0.05, 0.1) is 5.56 Å². The van der Waals surface area contributed by atoms with Crippen LogP contribution in [0.5, 0.6) is 0 Å². The number of aromatic carboxylic acids is 1. The summed E-state index contributed by atoms with van der Waals surface area (Å²) in [6, 6.07) is 21.6. The van der Waals surface area contributed by atoms with E-state index >= 15 is 0 Å². The number of aryl methyl sites for hydroxylation is 4. The van der Waals surface area contributed by atoms with E-state index in [9.17, 15) is 24.3 Å². The molecular formula is C36H42I2N8O5. The molecule has 0 aromatic heterocycles. The largest absolute Gasteiger partial charge is 0.478 e. The predicted octanol–water partition coefficient (Wildman–Crippen LogP) is 5.38. The molecule has 4 rings (SSSR count). The smallest absolute Gasteiger partial charge is 0.335 e. The van der Waals surface area contributed by atoms with Gasteiger partial charge in [0.15, 0.2) is 11.9 Å². The van der Waals surface area contributed by atoms with Gasteiger partial charge in [-0.15, -0.1) is 0 Å². The number of carbonyl (C=O) groups excluding carboxylic acids is 3. The van der Waals surface area contributed by atoms with E-state index in [0.717, 1.165) is 44.5 Å². The number of nitrogens with two attached hydrogens (primary N) is 4. The Morgan fingerprint density at radius 3 is 1.33 bits per heavy atom. The number of aliphatic imine (C=N–C) groups is 1. The average molecular weight is 921 g/mol. The van der Waals surface area contributed by atoms with Gasteiger partial charge in [-0.25, -0.2) is 4.79 Å². The first-order valence-corrected chi connectivity index (χ1v) is 21.3. The summed E-state index contributed by atoms with van der Waals surface area (Å²) < 4.78 is 0. The van der Waals surface area contributed by atoms with Crippen LogP contribution in [-0.4, -0.2) is 54.8 Å². The molecule has 0 aliphatic heterocycles. The Morgan fingerprint density at radius 2 is 0.980 bits per heavy atom. The van der Waals surface area contributed by atoms with Crippen molar-refractivity contribution in [3.8, 4) is 22.3 Å². The summed E-state index contributed by atoms with van der Waals surface area (Å²) >= 11 is 4.24. The molecule has 4 aromatic rings. The molecule has 0 aliphatic rings. The Kier molecular flexibility index (Phi) is 18.3. The highest BCUT2D eigenvalue weighted by Gasteiger charge is 2.15. The fourth-order valence-corrected chi connectivity index (χ4v) is 4.64. The lowest BCUT2D eigenvalue weighted by atomic mass is 9.94. The van der Waals surface area contributed by atoms with Crippen LogP contribution in [0.3, 0.4) is 0 Å². The lowest BCUT2D eigenvalue weighted by Gasteiger charge is -2.11. The number of hydrogen-bond donors (Lipinski definition) is 8. The van der Waals surface area contributed by atoms with E-state index in [2.05, 4.69) is 64.3 Å². The third-order valence-corrected chi connectivity index (χ3v) is 6.98. The maximum atomic E-state index is 12.2. The summed E-state index contributed by atoms with van der Waals surface area (Å²) in [7, 11) is 3.05. The van der Waals surface area contributed by atoms with Gasteiger partial charge in [-0.3, -0.25) is 19.8 Å². The fourth-order valence-electron chi connectivity index (χ4n) is 4.64. The summed E-state index contributed by atoms with van der Waals surface area (Å²) in [4.78, 5) is 50.9. The minimum absolute atomic E-state index is 0.104. The molecule has 270 valence electrons. The van der Waals surface area contributed by atoms with Crippen LogP contribution in [0.4, 0.5) is 0 Å². The Labute approximate surface area is 320 Å². The molecule has 0 aliphatic carbocycles. The lowest BCUT2D eigenvalue weighted by Crippen LogP contribution is -2.24. The first kappa shape index (κ1) is 44.0. The zero-order chi connectivity index (χ0) is 39.0. The standard InChI is InChI=1S/C18H20N4O2.C17H17NO3.CH5N3.I2/c1-10-4-5-11(2)15(6-10)12-7-13(16(23)21-3)9-14(8-12)17(24)22-18(19)20;1-10-4-5-11(2)15(6-10)12-7-13(16(19)18-3)9-14(8-12)17(20)21;2-1(3)4;1-2/h4-9H,1-3H3,(H,21,23)(H4,19,20,22,24);4-9H,1-3H3,(H,18,19)(H,20,21);(H5,2,3,4);. The van der Waals surface area contributed by atoms with Gasteiger partial charge in [0, 0.05) is 68.0 Å². The zero-order valence-corrected chi connectivity index (χ0v) is 33.3. The zero-order valence-electron chi connectivity index (χ0n) is 29.0. The number of guanidine groups is 2. The molecule has 0 saturated carbocycles. The van der Waals surface area contributed by atoms with E-state index < -0.39 is 11.9 Å². The van der Waals surface area contributed by atoms with Crippen molar-refractivity contribution in [2.24, 2.45) is 27.9 Å². The molecule has 15 heteroatoms. The number of halogens is 2. The van der Waals surface area contributed by atoms with Crippen LogP contribution in [0.2, 0.25) is 0 Å². The van der Waals surface area contributed by atoms with E-state index in [1.165, 1.54) is 26.2 Å². The van der Waals surface area contributed by atoms with Gasteiger partial charge >= 0.3 is 5.97 Å². The van der Waals surface area contributed by atoms with Crippen molar-refractivity contribution in [1.29, 1.82) is 5.41 Å². The molecule has 0 fully saturated rings. The second-order valence-electron chi connectivity index (χ2n) is 11.0. The SMILES string of the molecule is CNC(=O)c1cc(C(=O)N=C(N)N)cc(-c2cc(C)ccc2C)c1.CNC(=O)c1cc(C(=O)O)cc(-c2cc(C)ccc2C)c1.II.N=C(N)N. The number of carboxylic acid groups (broad SMARTS) is 1. The minimum Gasteiger partial charge on any atom is -0.478 e. The number of carboxylic acids is 1. The second-order valence-corrected chi connectivity index (χ2v) is 11.0. The summed E-state index contributed by atoms with van der Waals surface area (Å²) in [5, 5.41) is 20.4. The highest BCUT2D eigenvalue weighted by Crippen LogP contribution is 2.28. The quantitative estimate of drug-likeness (QED) is 0.0701. The number of hydrogen-bond acceptors (Lipinski definition) is 5. The highest BCUT2D eigenvalue weighted by atomic mass is 128. The molecule has 0 atom stereocenters. The van der Waals surface area contributed by atoms with Gasteiger partial charge < -0.3 is 38.7 Å². The molecule has 0 bridgehead atoms. The Bertz CT molecular complexity index is 1940. The average Bonchev–Trinajstić information content (AvgIpc) is 3.09. The first-order chi connectivity index (χ1) is 24.0. The maximum Gasteiger partial charge on any atom is 0.335 e. The fraction of sp³-hybridized carbons (Fsp3) is 0.167. The Hall–Kier alpha value is -5.04. The molecule has 0 unspecified atom stereocenters. The van der Waals surface area contributed by atoms with Crippen molar-refractivity contribution in [1.82, 2.24) is 10.6 Å². The van der Waals surface area contributed by atoms with E-state index in [-0.39, 0.29) is 34.9 Å². The van der Waals surface area contributed by atoms with Crippen LogP contribution in [-0.2, 0) is 0 Å². The van der Waals surface area contributed by atoms with E-state index in [0.29, 0.717) is 11.1 Å². The minimum atomic E-state index is -1.05. The van der Waals surface area contributed by atoms with Crippen LogP contribution in [0, 0.1) is 33.1 Å². The van der Waals surface area contributed by atoms with Gasteiger partial charge in [-0.1, -0.05) is 47.5 Å². The van der Waals surface area contributed by atoms with Gasteiger partial charge in [0.2, 0.25) is 0 Å². The van der Waals surface area contributed by atoms with Crippen molar-refractivity contribution < 1.29 is 24.3 Å². The molecule has 0 radical (unpaired) electrons. The molecule has 0 spiro atoms. The topological polar surface area (TPSA) is 253 Å². The summed E-state index contributed by atoms with van der Waals surface area (Å²) in [5.41, 5.74) is 28.2. The van der Waals surface area contributed by atoms with Crippen molar-refractivity contribution in [2.45, 2.75) is 27.7 Å². The molecule has 12 N–H and O–H groups in total. The van der Waals surface area contributed by atoms with E-state index in [1.54, 1.807) is 24.3 Å². The summed E-state index contributed by atoms with van der Waals surface area (Å²) in [6.07, 6.45) is 0. The monoisotopic (exact) mass is 920 g/mol. The molecule has 51 heavy (non-hydrogen) atoms. The maximum absolute atomic E-state index is 12.2. The third-order valence-electron chi connectivity index (χ3n) is 6.98. The molecule has 4 aromatic carbocycles. The second kappa shape index (κ2) is 21.2. The van der Waals surface area contributed by atoms with Crippen LogP contribution in [0.1, 0.15) is 63.7 Å². The van der Waals surface area contributed by atoms with Crippen LogP contribution >= 0.6 is 37.2 Å². The van der Waals surface area contributed by atoms with Crippen LogP contribution in [0.15, 0.2) is 77.8 Å². The molecule has 0 heterocycles. The summed E-state index contributed by atoms with van der Waals surface area (Å²) in [6.45, 7) is 7.89. The van der Waals surface area contributed by atoms with Gasteiger partial charge in [0.1, 0.15) is 0 Å². The molecule has 0 saturated heterocycles. The first-order valence-electron chi connectivity index (χ1n) is 15.0. The lowest BCUT2D eigenvalue weighted by molar-refractivity contribution is 0.0696. The number of nitrogens with zero attached hydrogens (tertiary/aromatic N) is 1. The number of carbonyl (C=O) groups is 4. The van der Waals surface area contributed by atoms with Gasteiger partial charge in [-0.05, 0) is 97.5 Å². The number of amides is 3. The Morgan fingerprint density at radius 1 is 0.627 bits per heavy atom. The third kappa shape index (κ3) is 14.0. The van der Waals surface area contributed by atoms with Gasteiger partial charge in [-0.2, -0.15) is 4.99 Å². The van der Waals surface area contributed by atoms with Crippen LogP contribution < -0.4 is 33.6 Å². The molecular weight excluding hydrogens is 878 g/mol. The van der Waals surface area contributed by atoms with Crippen molar-refractivity contribution in [3.05, 3.63) is 117 Å². The number of nitrogens with one attached hydrogen (secondary N) is 3. The van der Waals surface area contributed by atoms with E-state index in [1.807, 2.05) is 64.1 Å². The van der Waals surface area contributed by atoms with Crippen molar-refractivity contribution >= 4 is 72.8 Å². The van der Waals surface area contributed by atoms with Crippen molar-refractivity contribution in [3.63, 3.8) is 0 Å². The predicted molar refractivity (Wildman–Crippen MR) is 221 cm³/mol. The molecule has 3 amide bonds. The normalized spacial score (nSPS) is 9.57. The Balaban J connectivity index is 0.000000445. The molecule has 13 nitrogen and oxygen atoms in total. The van der Waals surface area contributed by atoms with Crippen LogP contribution in [0.25, 0.3) is 22.3 Å². The van der Waals surface area contributed by atoms with Crippen molar-refractivity contribution in [2.75, 3.05) is 14.1 Å². The van der Waals surface area contributed by atoms with Gasteiger partial charge in [0.25, 0.3) is 17.7 Å². The number of rotatable bonds is 6. The highest BCUT2D eigenvalue weighted by molar-refractivity contribution is 15.0. The number of benzene rings is 4.